The smallest absolute Gasteiger partial charge is 0.315 e. The van der Waals surface area contributed by atoms with Crippen LogP contribution in [0.5, 0.6) is 0 Å². The second-order valence-corrected chi connectivity index (χ2v) is 30.5. The number of ether oxygens (including phenoxy) is 12. The molecule has 10 fully saturated rings. The van der Waals surface area contributed by atoms with Crippen molar-refractivity contribution >= 4 is 5.97 Å². The molecular weight excluding hydrogens is 1220 g/mol. The van der Waals surface area contributed by atoms with E-state index in [0.29, 0.717) is 32.1 Å². The van der Waals surface area contributed by atoms with Crippen LogP contribution in [0.2, 0.25) is 0 Å². The van der Waals surface area contributed by atoms with Crippen molar-refractivity contribution in [3.63, 3.8) is 0 Å². The Labute approximate surface area is 534 Å². The van der Waals surface area contributed by atoms with Gasteiger partial charge < -0.3 is 139 Å². The van der Waals surface area contributed by atoms with Gasteiger partial charge in [-0.3, -0.25) is 4.79 Å². The summed E-state index contributed by atoms with van der Waals surface area (Å²) in [4.78, 5) is 15.2. The summed E-state index contributed by atoms with van der Waals surface area (Å²) in [5.74, 6) is -0.325. The Balaban J connectivity index is 0.715. The summed E-state index contributed by atoms with van der Waals surface area (Å²) in [6, 6.07) is 0. The van der Waals surface area contributed by atoms with Crippen molar-refractivity contribution in [3.05, 3.63) is 11.6 Å². The van der Waals surface area contributed by atoms with E-state index in [9.17, 15) is 81.7 Å². The van der Waals surface area contributed by atoms with E-state index in [1.807, 2.05) is 0 Å². The molecule has 0 aromatic carbocycles. The minimum absolute atomic E-state index is 0.130. The highest BCUT2D eigenvalue weighted by Crippen LogP contribution is 2.76. The first-order valence-electron chi connectivity index (χ1n) is 32.9. The maximum Gasteiger partial charge on any atom is 0.315 e. The standard InChI is InChI=1S/C63H102O29/c1-25-36(66)50(91-52-45(75)40(70)31(23-82-52)88-55-48(78)43(73)38(68)29(21-65)86-55)49(79)56(84-25)89-32-24-83-53(46(76)41(32)71)92-57(80)63-17-15-58(2,3)19-27(63)26-9-10-34-60(6)13-12-35(59(4,5)33(60)11-14-62(34,8)61(26,7)16-18-63)90-51-44(74)39(69)30(22-81-51)87-54-47(77)42(72)37(67)28(20-64)85-54/h9,25,27-56,64-79H,10-24H2,1-8H3/t25-,27?,28+,29+,30-,31+,32-,33?,34?,35-,36-,37+,38+,39+,40+,41-,42+,43+,44+,45+,46+,47+,48+,49-,50?,51-,52-,53+,54-,55+,56-,60-,61?,62+,63-/m0/s1. The molecule has 4 saturated carbocycles. The van der Waals surface area contributed by atoms with Gasteiger partial charge in [0.1, 0.15) is 122 Å². The second-order valence-electron chi connectivity index (χ2n) is 30.5. The summed E-state index contributed by atoms with van der Waals surface area (Å²) in [5, 5.41) is 172. The first kappa shape index (κ1) is 71.4. The topological polar surface area (TPSA) is 452 Å². The molecule has 5 unspecified atom stereocenters. The van der Waals surface area contributed by atoms with Crippen LogP contribution in [-0.4, -0.2) is 293 Å². The largest absolute Gasteiger partial charge is 0.432 e. The maximum atomic E-state index is 15.2. The number of carbonyl (C=O) groups excluding carboxylic acids is 1. The highest BCUT2D eigenvalue weighted by molar-refractivity contribution is 5.79. The Morgan fingerprint density at radius 3 is 1.50 bits per heavy atom. The van der Waals surface area contributed by atoms with Crippen molar-refractivity contribution in [1.29, 1.82) is 0 Å². The van der Waals surface area contributed by atoms with Crippen LogP contribution in [0.3, 0.4) is 0 Å². The molecule has 0 aromatic rings. The molecule has 0 aromatic heterocycles. The van der Waals surface area contributed by atoms with E-state index >= 15 is 4.79 Å². The molecule has 6 aliphatic heterocycles. The van der Waals surface area contributed by atoms with E-state index in [0.717, 1.165) is 32.1 Å². The molecule has 29 heteroatoms. The molecule has 16 N–H and O–H groups in total. The van der Waals surface area contributed by atoms with Gasteiger partial charge in [0.15, 0.2) is 31.5 Å². The van der Waals surface area contributed by atoms with Crippen LogP contribution in [0.15, 0.2) is 11.6 Å². The van der Waals surface area contributed by atoms with Crippen molar-refractivity contribution in [2.45, 2.75) is 292 Å². The van der Waals surface area contributed by atoms with Gasteiger partial charge in [0.2, 0.25) is 6.29 Å². The van der Waals surface area contributed by atoms with Crippen molar-refractivity contribution in [2.75, 3.05) is 33.0 Å². The van der Waals surface area contributed by atoms with E-state index in [1.165, 1.54) is 12.5 Å². The zero-order chi connectivity index (χ0) is 66.9. The highest BCUT2D eigenvalue weighted by Gasteiger charge is 2.70. The predicted molar refractivity (Wildman–Crippen MR) is 309 cm³/mol. The van der Waals surface area contributed by atoms with Gasteiger partial charge in [0.05, 0.1) is 50.7 Å². The molecule has 0 spiro atoms. The van der Waals surface area contributed by atoms with Gasteiger partial charge >= 0.3 is 5.97 Å². The van der Waals surface area contributed by atoms with Gasteiger partial charge in [-0.2, -0.15) is 0 Å². The fraction of sp³-hybridized carbons (Fsp3) is 0.952. The normalized spacial score (nSPS) is 54.3. The number of aliphatic hydroxyl groups excluding tert-OH is 16. The van der Waals surface area contributed by atoms with Crippen molar-refractivity contribution in [2.24, 2.45) is 50.2 Å². The number of rotatable bonds is 14. The van der Waals surface area contributed by atoms with Crippen LogP contribution in [0, 0.1) is 50.2 Å². The highest BCUT2D eigenvalue weighted by atomic mass is 16.8. The molecule has 35 atom stereocenters. The molecule has 528 valence electrons. The van der Waals surface area contributed by atoms with Gasteiger partial charge in [-0.05, 0) is 116 Å². The molecule has 29 nitrogen and oxygen atoms in total. The Kier molecular flexibility index (Phi) is 20.7. The third-order valence-corrected chi connectivity index (χ3v) is 24.5. The fourth-order valence-corrected chi connectivity index (χ4v) is 18.5. The average Bonchev–Trinajstić information content (AvgIpc) is 0.677. The minimum atomic E-state index is -1.90. The Morgan fingerprint density at radius 2 is 0.967 bits per heavy atom. The molecule has 11 rings (SSSR count). The number of aliphatic hydroxyl groups is 16. The van der Waals surface area contributed by atoms with Crippen molar-refractivity contribution < 1.29 is 143 Å². The molecule has 92 heavy (non-hydrogen) atoms. The van der Waals surface area contributed by atoms with Gasteiger partial charge in [0, 0.05) is 0 Å². The summed E-state index contributed by atoms with van der Waals surface area (Å²) < 4.78 is 70.4. The van der Waals surface area contributed by atoms with Crippen LogP contribution in [-0.2, 0) is 61.6 Å². The Bertz CT molecular complexity index is 2580. The summed E-state index contributed by atoms with van der Waals surface area (Å²) >= 11 is 0. The molecule has 11 aliphatic rings. The maximum absolute atomic E-state index is 15.2. The van der Waals surface area contributed by atoms with Crippen LogP contribution >= 0.6 is 0 Å². The lowest BCUT2D eigenvalue weighted by Crippen LogP contribution is -2.66. The predicted octanol–water partition coefficient (Wildman–Crippen LogP) is -3.44. The van der Waals surface area contributed by atoms with Crippen LogP contribution in [0.1, 0.15) is 120 Å². The van der Waals surface area contributed by atoms with Crippen LogP contribution in [0.25, 0.3) is 0 Å². The van der Waals surface area contributed by atoms with E-state index in [1.54, 1.807) is 0 Å². The lowest BCUT2D eigenvalue weighted by Gasteiger charge is -2.71. The van der Waals surface area contributed by atoms with E-state index < -0.39 is 209 Å². The van der Waals surface area contributed by atoms with Crippen LogP contribution < -0.4 is 0 Å². The van der Waals surface area contributed by atoms with Gasteiger partial charge in [0.25, 0.3) is 0 Å². The number of hydrogen-bond donors (Lipinski definition) is 16. The summed E-state index contributed by atoms with van der Waals surface area (Å²) in [6.45, 7) is 14.9. The zero-order valence-electron chi connectivity index (χ0n) is 53.5. The lowest BCUT2D eigenvalue weighted by atomic mass is 9.33. The summed E-state index contributed by atoms with van der Waals surface area (Å²) in [7, 11) is 0. The molecule has 6 heterocycles. The lowest BCUT2D eigenvalue weighted by molar-refractivity contribution is -0.372. The number of fused-ring (bicyclic) bond motifs is 7. The van der Waals surface area contributed by atoms with Gasteiger partial charge in [-0.1, -0.05) is 60.1 Å². The number of carbonyl (C=O) groups is 1. The summed E-state index contributed by atoms with van der Waals surface area (Å²) in [5.41, 5.74) is -0.956. The minimum Gasteiger partial charge on any atom is -0.432 e. The van der Waals surface area contributed by atoms with Crippen LogP contribution in [0.4, 0.5) is 0 Å². The fourth-order valence-electron chi connectivity index (χ4n) is 18.5. The Hall–Kier alpha value is -1.87. The molecule has 0 bridgehead atoms. The molecule has 0 radical (unpaired) electrons. The van der Waals surface area contributed by atoms with E-state index in [2.05, 4.69) is 54.5 Å². The van der Waals surface area contributed by atoms with Gasteiger partial charge in [-0.25, -0.2) is 0 Å². The quantitative estimate of drug-likeness (QED) is 0.0457. The first-order valence-corrected chi connectivity index (χ1v) is 32.9. The third kappa shape index (κ3) is 12.2. The number of hydrogen-bond acceptors (Lipinski definition) is 29. The second kappa shape index (κ2) is 26.7. The SMILES string of the molecule is C[C@@H]1O[C@@H](O[C@H]2CO[C@H](OC(=O)[C@]34CCC(C)(C)CC3C3=CCC5[C@@]6(C)CC[C@H](O[C@@H]7OC[C@H](O[C@@H]8O[C@H](CO)[C@@H](O)[C@@H](O)[C@H]8O)[C@@H](O)[C@H]7O)C(C)(C)C6CC[C@@]5(C)C3(C)CC4)[C@H](O)[C@H]2O)[C@@H](O)C(O[C@@H]2OC[C@@H](O[C@H]3O[C@H](CO)[C@@H](O)[C@@H](O)[C@H]3O)[C@@H](O)[C@H]2O)[C@H]1O. The molecule has 5 aliphatic carbocycles. The third-order valence-electron chi connectivity index (χ3n) is 24.5. The van der Waals surface area contributed by atoms with E-state index in [-0.39, 0.29) is 52.1 Å². The monoisotopic (exact) mass is 1320 g/mol. The zero-order valence-corrected chi connectivity index (χ0v) is 53.5. The number of esters is 1. The van der Waals surface area contributed by atoms with Crippen molar-refractivity contribution in [1.82, 2.24) is 0 Å². The molecule has 6 saturated heterocycles. The summed E-state index contributed by atoms with van der Waals surface area (Å²) in [6.07, 6.45) is -33.5. The molecule has 0 amide bonds. The molecular formula is C63H102O29. The van der Waals surface area contributed by atoms with Crippen molar-refractivity contribution in [3.8, 4) is 0 Å². The first-order chi connectivity index (χ1) is 43.2. The van der Waals surface area contributed by atoms with E-state index in [4.69, 9.17) is 56.8 Å². The number of allylic oxidation sites excluding steroid dienone is 2. The van der Waals surface area contributed by atoms with Gasteiger partial charge in [-0.15, -0.1) is 0 Å². The average molecular weight is 1320 g/mol. The Morgan fingerprint density at radius 1 is 0.489 bits per heavy atom.